The van der Waals surface area contributed by atoms with Crippen molar-refractivity contribution < 1.29 is 5.11 Å². The maximum Gasteiger partial charge on any atom is 0.124 e. The number of fused-ring (bicyclic) bond motifs is 3. The Labute approximate surface area is 133 Å². The maximum atomic E-state index is 9.77. The number of pyridine rings is 1. The molecule has 0 spiro atoms. The molecule has 0 atom stereocenters. The standard InChI is InChI=1S/C19H13N3O/c23-18-8-4-1-5-13(18)11-21-22-19-16-7-3-2-6-14(16)15-9-10-20-12-17(15)19/h1-12,23H/b21-11+,22-19-. The van der Waals surface area contributed by atoms with Crippen LogP contribution in [0.2, 0.25) is 0 Å². The molecular weight excluding hydrogens is 286 g/mol. The third kappa shape index (κ3) is 2.30. The molecule has 23 heavy (non-hydrogen) atoms. The lowest BCUT2D eigenvalue weighted by Gasteiger charge is -1.98. The van der Waals surface area contributed by atoms with Gasteiger partial charge in [0, 0.05) is 29.1 Å². The van der Waals surface area contributed by atoms with Gasteiger partial charge in [-0.3, -0.25) is 4.98 Å². The van der Waals surface area contributed by atoms with Crippen LogP contribution in [0.4, 0.5) is 0 Å². The Hall–Kier alpha value is -3.27. The molecule has 0 bridgehead atoms. The number of para-hydroxylation sites is 1. The second kappa shape index (κ2) is 5.50. The molecule has 0 fully saturated rings. The quantitative estimate of drug-likeness (QED) is 0.454. The van der Waals surface area contributed by atoms with Gasteiger partial charge >= 0.3 is 0 Å². The smallest absolute Gasteiger partial charge is 0.124 e. The Kier molecular flexibility index (Phi) is 3.20. The second-order valence-corrected chi connectivity index (χ2v) is 5.22. The molecule has 3 aromatic rings. The lowest BCUT2D eigenvalue weighted by Crippen LogP contribution is -1.97. The molecular formula is C19H13N3O. The zero-order valence-electron chi connectivity index (χ0n) is 12.2. The van der Waals surface area contributed by atoms with E-state index < -0.39 is 0 Å². The lowest BCUT2D eigenvalue weighted by atomic mass is 10.1. The van der Waals surface area contributed by atoms with Crippen molar-refractivity contribution in [1.29, 1.82) is 0 Å². The summed E-state index contributed by atoms with van der Waals surface area (Å²) in [7, 11) is 0. The van der Waals surface area contributed by atoms with Crippen molar-refractivity contribution in [1.82, 2.24) is 4.98 Å². The minimum atomic E-state index is 0.185. The first kappa shape index (κ1) is 13.4. The predicted molar refractivity (Wildman–Crippen MR) is 91.0 cm³/mol. The third-order valence-corrected chi connectivity index (χ3v) is 3.84. The van der Waals surface area contributed by atoms with Crippen molar-refractivity contribution >= 4 is 11.9 Å². The Balaban J connectivity index is 1.78. The molecule has 110 valence electrons. The molecule has 1 heterocycles. The molecule has 0 amide bonds. The van der Waals surface area contributed by atoms with Crippen LogP contribution in [-0.2, 0) is 0 Å². The number of nitrogens with zero attached hydrogens (tertiary/aromatic N) is 3. The molecule has 4 nitrogen and oxygen atoms in total. The summed E-state index contributed by atoms with van der Waals surface area (Å²) in [6.07, 6.45) is 5.15. The Morgan fingerprint density at radius 2 is 1.57 bits per heavy atom. The predicted octanol–water partition coefficient (Wildman–Crippen LogP) is 3.64. The Morgan fingerprint density at radius 3 is 2.43 bits per heavy atom. The van der Waals surface area contributed by atoms with E-state index in [1.807, 2.05) is 36.5 Å². The second-order valence-electron chi connectivity index (χ2n) is 5.22. The van der Waals surface area contributed by atoms with E-state index in [9.17, 15) is 5.11 Å². The van der Waals surface area contributed by atoms with Gasteiger partial charge in [-0.2, -0.15) is 5.10 Å². The van der Waals surface area contributed by atoms with Crippen LogP contribution in [-0.4, -0.2) is 22.0 Å². The topological polar surface area (TPSA) is 57.8 Å². The largest absolute Gasteiger partial charge is 0.507 e. The molecule has 0 unspecified atom stereocenters. The number of phenolic OH excluding ortho intramolecular Hbond substituents is 1. The van der Waals surface area contributed by atoms with Gasteiger partial charge in [0.2, 0.25) is 0 Å². The van der Waals surface area contributed by atoms with Crippen LogP contribution in [0, 0.1) is 0 Å². The summed E-state index contributed by atoms with van der Waals surface area (Å²) in [5, 5.41) is 18.3. The zero-order valence-corrected chi connectivity index (χ0v) is 12.2. The lowest BCUT2D eigenvalue weighted by molar-refractivity contribution is 0.474. The average molecular weight is 299 g/mol. The number of phenols is 1. The van der Waals surface area contributed by atoms with Crippen LogP contribution in [0.25, 0.3) is 11.1 Å². The van der Waals surface area contributed by atoms with E-state index in [-0.39, 0.29) is 5.75 Å². The molecule has 1 N–H and O–H groups in total. The van der Waals surface area contributed by atoms with Gasteiger partial charge < -0.3 is 5.11 Å². The highest BCUT2D eigenvalue weighted by Gasteiger charge is 2.24. The zero-order chi connectivity index (χ0) is 15.6. The number of hydrogen-bond acceptors (Lipinski definition) is 4. The van der Waals surface area contributed by atoms with E-state index >= 15 is 0 Å². The summed E-state index contributed by atoms with van der Waals surface area (Å²) in [6.45, 7) is 0. The Morgan fingerprint density at radius 1 is 0.826 bits per heavy atom. The number of benzene rings is 2. The van der Waals surface area contributed by atoms with Crippen molar-refractivity contribution in [2.24, 2.45) is 10.2 Å². The fourth-order valence-electron chi connectivity index (χ4n) is 2.74. The average Bonchev–Trinajstić information content (AvgIpc) is 2.91. The third-order valence-electron chi connectivity index (χ3n) is 3.84. The molecule has 0 aliphatic heterocycles. The van der Waals surface area contributed by atoms with Crippen LogP contribution in [0.15, 0.2) is 77.2 Å². The summed E-state index contributed by atoms with van der Waals surface area (Å²) < 4.78 is 0. The van der Waals surface area contributed by atoms with E-state index in [1.165, 1.54) is 0 Å². The van der Waals surface area contributed by atoms with Gasteiger partial charge in [-0.05, 0) is 29.3 Å². The summed E-state index contributed by atoms with van der Waals surface area (Å²) in [6, 6.07) is 17.1. The number of aromatic nitrogens is 1. The van der Waals surface area contributed by atoms with Crippen molar-refractivity contribution in [2.45, 2.75) is 0 Å². The van der Waals surface area contributed by atoms with E-state index in [0.717, 1.165) is 28.0 Å². The molecule has 0 saturated carbocycles. The van der Waals surface area contributed by atoms with Crippen molar-refractivity contribution in [3.8, 4) is 16.9 Å². The van der Waals surface area contributed by atoms with E-state index in [1.54, 1.807) is 30.6 Å². The molecule has 4 rings (SSSR count). The molecule has 4 heteroatoms. The fourth-order valence-corrected chi connectivity index (χ4v) is 2.74. The van der Waals surface area contributed by atoms with Crippen LogP contribution >= 0.6 is 0 Å². The van der Waals surface area contributed by atoms with E-state index in [2.05, 4.69) is 21.3 Å². The fraction of sp³-hybridized carbons (Fsp3) is 0. The van der Waals surface area contributed by atoms with Crippen LogP contribution < -0.4 is 0 Å². The minimum Gasteiger partial charge on any atom is -0.507 e. The van der Waals surface area contributed by atoms with Gasteiger partial charge in [0.15, 0.2) is 0 Å². The summed E-state index contributed by atoms with van der Waals surface area (Å²) >= 11 is 0. The van der Waals surface area contributed by atoms with Gasteiger partial charge in [0.05, 0.1) is 6.21 Å². The highest BCUT2D eigenvalue weighted by Crippen LogP contribution is 2.36. The van der Waals surface area contributed by atoms with Gasteiger partial charge in [0.1, 0.15) is 11.5 Å². The van der Waals surface area contributed by atoms with Crippen LogP contribution in [0.3, 0.4) is 0 Å². The first-order valence-corrected chi connectivity index (χ1v) is 7.28. The first-order chi connectivity index (χ1) is 11.3. The van der Waals surface area contributed by atoms with Gasteiger partial charge in [-0.1, -0.05) is 36.4 Å². The summed E-state index contributed by atoms with van der Waals surface area (Å²) in [5.74, 6) is 0.185. The van der Waals surface area contributed by atoms with Gasteiger partial charge in [-0.25, -0.2) is 0 Å². The van der Waals surface area contributed by atoms with Crippen molar-refractivity contribution in [3.63, 3.8) is 0 Å². The Bertz CT molecular complexity index is 897. The van der Waals surface area contributed by atoms with Crippen LogP contribution in [0.5, 0.6) is 5.75 Å². The van der Waals surface area contributed by atoms with E-state index in [4.69, 9.17) is 0 Å². The molecule has 1 aliphatic rings. The minimum absolute atomic E-state index is 0.185. The molecule has 1 aromatic heterocycles. The molecule has 2 aromatic carbocycles. The van der Waals surface area contributed by atoms with Gasteiger partial charge in [0.25, 0.3) is 0 Å². The summed E-state index contributed by atoms with van der Waals surface area (Å²) in [5.41, 5.74) is 5.71. The highest BCUT2D eigenvalue weighted by molar-refractivity contribution is 6.24. The normalized spacial score (nSPS) is 14.2. The number of hydrogen-bond donors (Lipinski definition) is 1. The maximum absolute atomic E-state index is 9.77. The SMILES string of the molecule is Oc1ccccc1/C=N/N=C1/c2ccccc2-c2ccncc21. The van der Waals surface area contributed by atoms with Crippen LogP contribution in [0.1, 0.15) is 16.7 Å². The molecule has 0 saturated heterocycles. The van der Waals surface area contributed by atoms with Crippen molar-refractivity contribution in [2.75, 3.05) is 0 Å². The summed E-state index contributed by atoms with van der Waals surface area (Å²) in [4.78, 5) is 4.20. The first-order valence-electron chi connectivity index (χ1n) is 7.28. The number of rotatable bonds is 2. The van der Waals surface area contributed by atoms with E-state index in [0.29, 0.717) is 5.56 Å². The molecule has 0 radical (unpaired) electrons. The van der Waals surface area contributed by atoms with Crippen molar-refractivity contribution in [3.05, 3.63) is 83.7 Å². The highest BCUT2D eigenvalue weighted by atomic mass is 16.3. The van der Waals surface area contributed by atoms with Gasteiger partial charge in [-0.15, -0.1) is 5.10 Å². The monoisotopic (exact) mass is 299 g/mol. The molecule has 1 aliphatic carbocycles. The number of aromatic hydroxyl groups is 1.